The molecule has 0 saturated carbocycles. The van der Waals surface area contributed by atoms with Gasteiger partial charge in [0.1, 0.15) is 0 Å². The molecule has 0 aliphatic carbocycles. The molecule has 1 aromatic carbocycles. The van der Waals surface area contributed by atoms with Crippen LogP contribution in [-0.4, -0.2) is 16.2 Å². The van der Waals surface area contributed by atoms with E-state index in [9.17, 15) is 0 Å². The molecule has 3 nitrogen and oxygen atoms in total. The van der Waals surface area contributed by atoms with Crippen LogP contribution in [-0.2, 0) is 0 Å². The van der Waals surface area contributed by atoms with Crippen molar-refractivity contribution in [2.45, 2.75) is 33.2 Å². The van der Waals surface area contributed by atoms with Gasteiger partial charge >= 0.3 is 0 Å². The van der Waals surface area contributed by atoms with Crippen molar-refractivity contribution in [3.05, 3.63) is 24.4 Å². The SMILES string of the molecule is CCC(Nc1cccc2[nH]ncc12)C(C)C. The standard InChI is InChI=1S/C13H19N3/c1-4-11(9(2)3)15-12-6-5-7-13-10(12)8-14-16-13/h5-9,11,15H,4H2,1-3H3,(H,14,16). The highest BCUT2D eigenvalue weighted by molar-refractivity contribution is 5.90. The Morgan fingerprint density at radius 3 is 2.88 bits per heavy atom. The summed E-state index contributed by atoms with van der Waals surface area (Å²) >= 11 is 0. The molecule has 0 saturated heterocycles. The third-order valence-corrected chi connectivity index (χ3v) is 3.07. The molecule has 1 heterocycles. The molecule has 0 fully saturated rings. The fourth-order valence-electron chi connectivity index (χ4n) is 2.03. The fourth-order valence-corrected chi connectivity index (χ4v) is 2.03. The van der Waals surface area contributed by atoms with Crippen LogP contribution in [0.5, 0.6) is 0 Å². The van der Waals surface area contributed by atoms with Crippen molar-refractivity contribution in [2.75, 3.05) is 5.32 Å². The highest BCUT2D eigenvalue weighted by Crippen LogP contribution is 2.23. The second-order valence-corrected chi connectivity index (χ2v) is 4.54. The predicted octanol–water partition coefficient (Wildman–Crippen LogP) is 3.41. The second-order valence-electron chi connectivity index (χ2n) is 4.54. The van der Waals surface area contributed by atoms with Gasteiger partial charge in [-0.15, -0.1) is 0 Å². The maximum atomic E-state index is 4.07. The zero-order chi connectivity index (χ0) is 11.5. The molecule has 0 bridgehead atoms. The minimum absolute atomic E-state index is 0.514. The van der Waals surface area contributed by atoms with E-state index in [1.54, 1.807) is 0 Å². The molecule has 0 spiro atoms. The highest BCUT2D eigenvalue weighted by Gasteiger charge is 2.12. The molecular formula is C13H19N3. The summed E-state index contributed by atoms with van der Waals surface area (Å²) in [6, 6.07) is 6.73. The quantitative estimate of drug-likeness (QED) is 0.824. The third kappa shape index (κ3) is 2.03. The Kier molecular flexibility index (Phi) is 3.13. The van der Waals surface area contributed by atoms with Gasteiger partial charge in [-0.05, 0) is 24.5 Å². The first kappa shape index (κ1) is 11.0. The zero-order valence-electron chi connectivity index (χ0n) is 10.1. The number of nitrogens with one attached hydrogen (secondary N) is 2. The molecule has 2 rings (SSSR count). The number of H-pyrrole nitrogens is 1. The van der Waals surface area contributed by atoms with Gasteiger partial charge < -0.3 is 5.32 Å². The van der Waals surface area contributed by atoms with Crippen LogP contribution < -0.4 is 5.32 Å². The maximum Gasteiger partial charge on any atom is 0.0671 e. The number of fused-ring (bicyclic) bond motifs is 1. The highest BCUT2D eigenvalue weighted by atomic mass is 15.1. The number of benzene rings is 1. The minimum Gasteiger partial charge on any atom is -0.381 e. The van der Waals surface area contributed by atoms with Crippen molar-refractivity contribution in [1.29, 1.82) is 0 Å². The lowest BCUT2D eigenvalue weighted by atomic mass is 10.0. The number of anilines is 1. The zero-order valence-corrected chi connectivity index (χ0v) is 10.1. The summed E-state index contributed by atoms with van der Waals surface area (Å²) in [5.41, 5.74) is 2.26. The second kappa shape index (κ2) is 4.56. The number of nitrogens with zero attached hydrogens (tertiary/aromatic N) is 1. The van der Waals surface area contributed by atoms with Crippen LogP contribution in [0.2, 0.25) is 0 Å². The third-order valence-electron chi connectivity index (χ3n) is 3.07. The van der Waals surface area contributed by atoms with Gasteiger partial charge in [0, 0.05) is 17.1 Å². The lowest BCUT2D eigenvalue weighted by Crippen LogP contribution is -2.24. The first-order valence-corrected chi connectivity index (χ1v) is 5.91. The van der Waals surface area contributed by atoms with Crippen LogP contribution in [0.15, 0.2) is 24.4 Å². The summed E-state index contributed by atoms with van der Waals surface area (Å²) in [6.45, 7) is 6.71. The summed E-state index contributed by atoms with van der Waals surface area (Å²) in [5, 5.41) is 11.8. The van der Waals surface area contributed by atoms with Gasteiger partial charge in [-0.25, -0.2) is 0 Å². The topological polar surface area (TPSA) is 40.7 Å². The Morgan fingerprint density at radius 2 is 2.19 bits per heavy atom. The van der Waals surface area contributed by atoms with Gasteiger partial charge in [0.05, 0.1) is 11.7 Å². The molecular weight excluding hydrogens is 198 g/mol. The number of aromatic amines is 1. The summed E-state index contributed by atoms with van der Waals surface area (Å²) in [6.07, 6.45) is 3.01. The van der Waals surface area contributed by atoms with E-state index in [1.807, 2.05) is 12.3 Å². The van der Waals surface area contributed by atoms with Crippen molar-refractivity contribution in [3.8, 4) is 0 Å². The van der Waals surface area contributed by atoms with Gasteiger partial charge in [-0.3, -0.25) is 5.10 Å². The van der Waals surface area contributed by atoms with Crippen LogP contribution >= 0.6 is 0 Å². The normalized spacial score (nSPS) is 13.2. The molecule has 1 aromatic heterocycles. The van der Waals surface area contributed by atoms with Crippen LogP contribution in [0.1, 0.15) is 27.2 Å². The molecule has 16 heavy (non-hydrogen) atoms. The van der Waals surface area contributed by atoms with E-state index in [0.29, 0.717) is 12.0 Å². The van der Waals surface area contributed by atoms with Crippen LogP contribution in [0, 0.1) is 5.92 Å². The Morgan fingerprint density at radius 1 is 1.38 bits per heavy atom. The predicted molar refractivity (Wildman–Crippen MR) is 68.6 cm³/mol. The summed E-state index contributed by atoms with van der Waals surface area (Å²) in [7, 11) is 0. The van der Waals surface area contributed by atoms with E-state index in [-0.39, 0.29) is 0 Å². The lowest BCUT2D eigenvalue weighted by molar-refractivity contribution is 0.512. The first-order valence-electron chi connectivity index (χ1n) is 5.91. The van der Waals surface area contributed by atoms with Crippen LogP contribution in [0.25, 0.3) is 10.9 Å². The number of hydrogen-bond acceptors (Lipinski definition) is 2. The maximum absolute atomic E-state index is 4.07. The average molecular weight is 217 g/mol. The minimum atomic E-state index is 0.514. The van der Waals surface area contributed by atoms with Gasteiger partial charge in [0.15, 0.2) is 0 Å². The molecule has 86 valence electrons. The monoisotopic (exact) mass is 217 g/mol. The summed E-state index contributed by atoms with van der Waals surface area (Å²) < 4.78 is 0. The van der Waals surface area contributed by atoms with Gasteiger partial charge in [-0.2, -0.15) is 5.10 Å². The van der Waals surface area contributed by atoms with E-state index in [2.05, 4.69) is 48.4 Å². The first-order chi connectivity index (χ1) is 7.72. The van der Waals surface area contributed by atoms with Crippen molar-refractivity contribution >= 4 is 16.6 Å². The van der Waals surface area contributed by atoms with Gasteiger partial charge in [-0.1, -0.05) is 26.8 Å². The van der Waals surface area contributed by atoms with Crippen LogP contribution in [0.3, 0.4) is 0 Å². The Balaban J connectivity index is 2.29. The summed E-state index contributed by atoms with van der Waals surface area (Å²) in [4.78, 5) is 0. The smallest absolute Gasteiger partial charge is 0.0671 e. The van der Waals surface area contributed by atoms with Crippen molar-refractivity contribution in [2.24, 2.45) is 5.92 Å². The molecule has 0 radical (unpaired) electrons. The van der Waals surface area contributed by atoms with E-state index in [4.69, 9.17) is 0 Å². The van der Waals surface area contributed by atoms with Gasteiger partial charge in [0.2, 0.25) is 0 Å². The molecule has 2 aromatic rings. The molecule has 0 amide bonds. The van der Waals surface area contributed by atoms with Gasteiger partial charge in [0.25, 0.3) is 0 Å². The van der Waals surface area contributed by atoms with Crippen LogP contribution in [0.4, 0.5) is 5.69 Å². The number of rotatable bonds is 4. The van der Waals surface area contributed by atoms with E-state index >= 15 is 0 Å². The Labute approximate surface area is 96.2 Å². The molecule has 2 N–H and O–H groups in total. The number of hydrogen-bond donors (Lipinski definition) is 2. The molecule has 0 aliphatic rings. The van der Waals surface area contributed by atoms with Crippen molar-refractivity contribution < 1.29 is 0 Å². The van der Waals surface area contributed by atoms with E-state index in [0.717, 1.165) is 11.9 Å². The largest absolute Gasteiger partial charge is 0.381 e. The fraction of sp³-hybridized carbons (Fsp3) is 0.462. The lowest BCUT2D eigenvalue weighted by Gasteiger charge is -2.22. The number of aromatic nitrogens is 2. The van der Waals surface area contributed by atoms with Crippen molar-refractivity contribution in [3.63, 3.8) is 0 Å². The molecule has 1 unspecified atom stereocenters. The Hall–Kier alpha value is -1.51. The summed E-state index contributed by atoms with van der Waals surface area (Å²) in [5.74, 6) is 0.632. The van der Waals surface area contributed by atoms with Crippen molar-refractivity contribution in [1.82, 2.24) is 10.2 Å². The average Bonchev–Trinajstić information content (AvgIpc) is 2.73. The molecule has 3 heteroatoms. The molecule has 0 aliphatic heterocycles. The van der Waals surface area contributed by atoms with E-state index in [1.165, 1.54) is 11.1 Å². The Bertz CT molecular complexity index is 459. The van der Waals surface area contributed by atoms with E-state index < -0.39 is 0 Å². The molecule has 1 atom stereocenters.